The van der Waals surface area contributed by atoms with Crippen LogP contribution >= 0.6 is 43.5 Å². The molecule has 2 rings (SSSR count). The van der Waals surface area contributed by atoms with E-state index in [0.29, 0.717) is 16.1 Å². The zero-order chi connectivity index (χ0) is 14.0. The van der Waals surface area contributed by atoms with Crippen LogP contribution in [0.25, 0.3) is 0 Å². The molecule has 7 heteroatoms. The predicted molar refractivity (Wildman–Crippen MR) is 79.8 cm³/mol. The molecule has 0 saturated heterocycles. The number of hydrogen-bond donors (Lipinski definition) is 1. The summed E-state index contributed by atoms with van der Waals surface area (Å²) < 4.78 is 6.66. The van der Waals surface area contributed by atoms with Crippen LogP contribution in [0.4, 0.5) is 5.69 Å². The molecule has 2 aromatic rings. The van der Waals surface area contributed by atoms with Gasteiger partial charge in [-0.05, 0) is 50.1 Å². The first-order valence-electron chi connectivity index (χ1n) is 4.99. The normalized spacial score (nSPS) is 11.1. The highest BCUT2D eigenvalue weighted by Gasteiger charge is 2.09. The first kappa shape index (κ1) is 14.3. The number of rotatable bonds is 3. The van der Waals surface area contributed by atoms with E-state index in [0.717, 1.165) is 4.47 Å². The number of hydrogen-bond acceptors (Lipinski definition) is 3. The molecule has 0 aliphatic carbocycles. The van der Waals surface area contributed by atoms with Crippen molar-refractivity contribution in [1.29, 1.82) is 0 Å². The quantitative estimate of drug-likeness (QED) is 0.736. The zero-order valence-electron chi connectivity index (χ0n) is 9.23. The molecule has 19 heavy (non-hydrogen) atoms. The summed E-state index contributed by atoms with van der Waals surface area (Å²) in [5, 5.41) is 9.12. The maximum absolute atomic E-state index is 10.9. The Kier molecular flexibility index (Phi) is 4.44. The molecule has 0 spiro atoms. The molecule has 0 aliphatic heterocycles. The third-order valence-electron chi connectivity index (χ3n) is 2.19. The second-order valence-corrected chi connectivity index (χ2v) is 5.48. The first-order valence-corrected chi connectivity index (χ1v) is 6.95. The maximum atomic E-state index is 10.9. The van der Waals surface area contributed by atoms with Gasteiger partial charge in [0, 0.05) is 6.07 Å². The SMILES string of the molecule is O=C(O)c1cc(N=Cc2cc(Br)c(Br)o2)ccc1Cl. The van der Waals surface area contributed by atoms with Crippen molar-refractivity contribution in [2.75, 3.05) is 0 Å². The van der Waals surface area contributed by atoms with Crippen LogP contribution in [0.3, 0.4) is 0 Å². The maximum Gasteiger partial charge on any atom is 0.337 e. The molecule has 98 valence electrons. The lowest BCUT2D eigenvalue weighted by atomic mass is 10.2. The molecule has 0 aliphatic rings. The van der Waals surface area contributed by atoms with Crippen LogP contribution in [0.1, 0.15) is 16.1 Å². The van der Waals surface area contributed by atoms with Gasteiger partial charge in [0.15, 0.2) is 4.67 Å². The number of carboxylic acid groups (broad SMARTS) is 1. The van der Waals surface area contributed by atoms with Gasteiger partial charge in [0.1, 0.15) is 5.76 Å². The van der Waals surface area contributed by atoms with Crippen molar-refractivity contribution in [2.24, 2.45) is 4.99 Å². The fourth-order valence-corrected chi connectivity index (χ4v) is 2.13. The highest BCUT2D eigenvalue weighted by atomic mass is 79.9. The molecule has 1 aromatic carbocycles. The van der Waals surface area contributed by atoms with E-state index in [4.69, 9.17) is 21.1 Å². The predicted octanol–water partition coefficient (Wildman–Crippen LogP) is 4.91. The van der Waals surface area contributed by atoms with Crippen molar-refractivity contribution in [3.8, 4) is 0 Å². The number of aliphatic imine (C=N–C) groups is 1. The summed E-state index contributed by atoms with van der Waals surface area (Å²) in [5.74, 6) is -0.559. The van der Waals surface area contributed by atoms with Gasteiger partial charge in [-0.15, -0.1) is 0 Å². The van der Waals surface area contributed by atoms with Crippen molar-refractivity contribution in [3.05, 3.63) is 49.8 Å². The Bertz CT molecular complexity index is 647. The van der Waals surface area contributed by atoms with Crippen LogP contribution in [0.2, 0.25) is 5.02 Å². The van der Waals surface area contributed by atoms with Crippen molar-refractivity contribution in [1.82, 2.24) is 0 Å². The smallest absolute Gasteiger partial charge is 0.337 e. The van der Waals surface area contributed by atoms with Crippen LogP contribution in [0, 0.1) is 0 Å². The number of nitrogens with zero attached hydrogens (tertiary/aromatic N) is 1. The number of halogens is 3. The summed E-state index contributed by atoms with van der Waals surface area (Å²) >= 11 is 12.3. The van der Waals surface area contributed by atoms with Crippen LogP contribution in [0.15, 0.2) is 42.8 Å². The molecule has 1 heterocycles. The monoisotopic (exact) mass is 405 g/mol. The van der Waals surface area contributed by atoms with E-state index in [9.17, 15) is 4.79 Å². The molecule has 1 N–H and O–H groups in total. The molecule has 0 fully saturated rings. The molecule has 0 atom stereocenters. The standard InChI is InChI=1S/C12H6Br2ClNO3/c13-9-4-7(19-11(9)14)5-16-6-1-2-10(15)8(3-6)12(17)18/h1-5H,(H,17,18). The van der Waals surface area contributed by atoms with Gasteiger partial charge in [0.2, 0.25) is 0 Å². The van der Waals surface area contributed by atoms with Crippen molar-refractivity contribution in [2.45, 2.75) is 0 Å². The van der Waals surface area contributed by atoms with Gasteiger partial charge < -0.3 is 9.52 Å². The van der Waals surface area contributed by atoms with Gasteiger partial charge in [0.25, 0.3) is 0 Å². The fraction of sp³-hybridized carbons (Fsp3) is 0. The summed E-state index contributed by atoms with van der Waals surface area (Å²) in [6, 6.07) is 6.25. The molecule has 0 radical (unpaired) electrons. The minimum atomic E-state index is -1.09. The third kappa shape index (κ3) is 3.46. The summed E-state index contributed by atoms with van der Waals surface area (Å²) in [7, 11) is 0. The third-order valence-corrected chi connectivity index (χ3v) is 4.23. The minimum Gasteiger partial charge on any atom is -0.478 e. The molecule has 0 saturated carbocycles. The minimum absolute atomic E-state index is 0.0122. The topological polar surface area (TPSA) is 62.8 Å². The summed E-state index contributed by atoms with van der Waals surface area (Å²) in [6.07, 6.45) is 1.49. The van der Waals surface area contributed by atoms with E-state index >= 15 is 0 Å². The second-order valence-electron chi connectivity index (χ2n) is 3.50. The lowest BCUT2D eigenvalue weighted by molar-refractivity contribution is 0.0697. The van der Waals surface area contributed by atoms with Gasteiger partial charge in [-0.3, -0.25) is 4.99 Å². The van der Waals surface area contributed by atoms with E-state index in [-0.39, 0.29) is 10.6 Å². The van der Waals surface area contributed by atoms with Crippen LogP contribution in [-0.4, -0.2) is 17.3 Å². The Labute approximate surface area is 130 Å². The van der Waals surface area contributed by atoms with E-state index in [1.54, 1.807) is 12.1 Å². The van der Waals surface area contributed by atoms with Gasteiger partial charge in [-0.1, -0.05) is 11.6 Å². The fourth-order valence-electron chi connectivity index (χ4n) is 1.32. The van der Waals surface area contributed by atoms with E-state index in [1.165, 1.54) is 18.3 Å². The zero-order valence-corrected chi connectivity index (χ0v) is 13.2. The number of carboxylic acids is 1. The largest absolute Gasteiger partial charge is 0.478 e. The number of carbonyl (C=O) groups is 1. The molecule has 0 unspecified atom stereocenters. The molecular formula is C12H6Br2ClNO3. The first-order chi connectivity index (χ1) is 8.97. The van der Waals surface area contributed by atoms with E-state index in [2.05, 4.69) is 36.9 Å². The van der Waals surface area contributed by atoms with Crippen molar-refractivity contribution in [3.63, 3.8) is 0 Å². The van der Waals surface area contributed by atoms with Gasteiger partial charge in [0.05, 0.1) is 27.0 Å². The Morgan fingerprint density at radius 3 is 2.68 bits per heavy atom. The van der Waals surface area contributed by atoms with E-state index < -0.39 is 5.97 Å². The van der Waals surface area contributed by atoms with Gasteiger partial charge >= 0.3 is 5.97 Å². The summed E-state index contributed by atoms with van der Waals surface area (Å²) in [4.78, 5) is 15.1. The highest BCUT2D eigenvalue weighted by Crippen LogP contribution is 2.27. The number of furan rings is 1. The van der Waals surface area contributed by atoms with Gasteiger partial charge in [-0.2, -0.15) is 0 Å². The molecule has 1 aromatic heterocycles. The highest BCUT2D eigenvalue weighted by molar-refractivity contribution is 9.13. The van der Waals surface area contributed by atoms with Gasteiger partial charge in [-0.25, -0.2) is 4.79 Å². The molecule has 4 nitrogen and oxygen atoms in total. The van der Waals surface area contributed by atoms with E-state index in [1.807, 2.05) is 0 Å². The second kappa shape index (κ2) is 5.90. The average molecular weight is 407 g/mol. The molecule has 0 bridgehead atoms. The number of benzene rings is 1. The Balaban J connectivity index is 2.28. The lowest BCUT2D eigenvalue weighted by Crippen LogP contribution is -1.96. The van der Waals surface area contributed by atoms with Crippen LogP contribution < -0.4 is 0 Å². The Hall–Kier alpha value is -1.11. The van der Waals surface area contributed by atoms with Crippen molar-refractivity contribution < 1.29 is 14.3 Å². The Morgan fingerprint density at radius 1 is 1.37 bits per heavy atom. The number of aromatic carboxylic acids is 1. The molecule has 0 amide bonds. The van der Waals surface area contributed by atoms with Crippen molar-refractivity contribution >= 4 is 61.3 Å². The average Bonchev–Trinajstić information content (AvgIpc) is 2.67. The summed E-state index contributed by atoms with van der Waals surface area (Å²) in [5.41, 5.74) is 0.489. The Morgan fingerprint density at radius 2 is 2.11 bits per heavy atom. The van der Waals surface area contributed by atoms with Crippen LogP contribution in [-0.2, 0) is 0 Å². The molecular weight excluding hydrogens is 401 g/mol. The lowest BCUT2D eigenvalue weighted by Gasteiger charge is -1.99. The van der Waals surface area contributed by atoms with Crippen LogP contribution in [0.5, 0.6) is 0 Å². The summed E-state index contributed by atoms with van der Waals surface area (Å²) in [6.45, 7) is 0.